The number of amides is 2. The molecular weight excluding hydrogens is 531 g/mol. The van der Waals surface area contributed by atoms with E-state index in [4.69, 9.17) is 11.6 Å². The van der Waals surface area contributed by atoms with Gasteiger partial charge in [0.1, 0.15) is 6.54 Å². The Labute approximate surface area is 207 Å². The van der Waals surface area contributed by atoms with Gasteiger partial charge in [-0.15, -0.1) is 24.0 Å². The van der Waals surface area contributed by atoms with Gasteiger partial charge in [0.15, 0.2) is 5.96 Å². The largest absolute Gasteiger partial charge is 0.368 e. The standard InChI is InChI=1S/C21H33ClN6O2.HI/c1-5-23-20(24-14-18(29)26-21(2,3)4)25-15-19(30)28-12-10-27(11-13-28)17-8-6-16(22)7-9-17;/h6-9H,5,10-15H2,1-4H3,(H,26,29)(H2,23,24,25);1H. The first-order valence-corrected chi connectivity index (χ1v) is 10.7. The summed E-state index contributed by atoms with van der Waals surface area (Å²) in [7, 11) is 0. The molecule has 1 aliphatic rings. The van der Waals surface area contributed by atoms with Gasteiger partial charge < -0.3 is 25.8 Å². The van der Waals surface area contributed by atoms with Crippen molar-refractivity contribution in [2.45, 2.75) is 33.2 Å². The fourth-order valence-electron chi connectivity index (χ4n) is 3.09. The van der Waals surface area contributed by atoms with Crippen molar-refractivity contribution in [2.75, 3.05) is 50.7 Å². The number of anilines is 1. The van der Waals surface area contributed by atoms with Gasteiger partial charge in [0.25, 0.3) is 0 Å². The number of nitrogens with zero attached hydrogens (tertiary/aromatic N) is 3. The summed E-state index contributed by atoms with van der Waals surface area (Å²) in [6, 6.07) is 7.75. The number of hydrogen-bond donors (Lipinski definition) is 3. The molecule has 1 aromatic rings. The van der Waals surface area contributed by atoms with E-state index in [0.29, 0.717) is 30.6 Å². The molecule has 1 fully saturated rings. The van der Waals surface area contributed by atoms with E-state index in [-0.39, 0.29) is 54.4 Å². The molecule has 1 heterocycles. The van der Waals surface area contributed by atoms with Gasteiger partial charge in [-0.2, -0.15) is 0 Å². The molecule has 31 heavy (non-hydrogen) atoms. The van der Waals surface area contributed by atoms with E-state index in [1.807, 2.05) is 56.9 Å². The van der Waals surface area contributed by atoms with Crippen molar-refractivity contribution in [2.24, 2.45) is 4.99 Å². The maximum Gasteiger partial charge on any atom is 0.242 e. The number of piperazine rings is 1. The fraction of sp³-hybridized carbons (Fsp3) is 0.571. The van der Waals surface area contributed by atoms with E-state index in [9.17, 15) is 9.59 Å². The van der Waals surface area contributed by atoms with Crippen LogP contribution in [-0.4, -0.2) is 74.0 Å². The number of benzene rings is 1. The van der Waals surface area contributed by atoms with Gasteiger partial charge in [0.2, 0.25) is 11.8 Å². The normalized spacial score (nSPS) is 14.5. The van der Waals surface area contributed by atoms with Crippen molar-refractivity contribution < 1.29 is 9.59 Å². The second kappa shape index (κ2) is 12.9. The van der Waals surface area contributed by atoms with Crippen LogP contribution in [0, 0.1) is 0 Å². The zero-order valence-corrected chi connectivity index (χ0v) is 21.8. The Hall–Kier alpha value is -1.75. The number of carbonyl (C=O) groups excluding carboxylic acids is 2. The summed E-state index contributed by atoms with van der Waals surface area (Å²) < 4.78 is 0. The summed E-state index contributed by atoms with van der Waals surface area (Å²) in [6.07, 6.45) is 0. The molecule has 1 saturated heterocycles. The Morgan fingerprint density at radius 1 is 1.06 bits per heavy atom. The third kappa shape index (κ3) is 9.94. The van der Waals surface area contributed by atoms with Gasteiger partial charge in [-0.1, -0.05) is 11.6 Å². The maximum absolute atomic E-state index is 12.6. The molecule has 2 rings (SSSR count). The molecule has 10 heteroatoms. The summed E-state index contributed by atoms with van der Waals surface area (Å²) in [6.45, 7) is 11.3. The Balaban J connectivity index is 0.00000480. The lowest BCUT2D eigenvalue weighted by molar-refractivity contribution is -0.130. The fourth-order valence-corrected chi connectivity index (χ4v) is 3.21. The molecule has 1 aromatic carbocycles. The minimum absolute atomic E-state index is 0. The van der Waals surface area contributed by atoms with Gasteiger partial charge in [0.05, 0.1) is 6.54 Å². The number of nitrogens with one attached hydrogen (secondary N) is 3. The lowest BCUT2D eigenvalue weighted by Gasteiger charge is -2.36. The van der Waals surface area contributed by atoms with E-state index in [1.165, 1.54) is 0 Å². The highest BCUT2D eigenvalue weighted by Crippen LogP contribution is 2.19. The molecule has 0 atom stereocenters. The first kappa shape index (κ1) is 27.3. The topological polar surface area (TPSA) is 89.1 Å². The van der Waals surface area contributed by atoms with Gasteiger partial charge in [-0.3, -0.25) is 9.59 Å². The van der Waals surface area contributed by atoms with Crippen LogP contribution in [0.1, 0.15) is 27.7 Å². The molecule has 0 saturated carbocycles. The number of rotatable bonds is 6. The first-order chi connectivity index (χ1) is 14.2. The van der Waals surface area contributed by atoms with Crippen LogP contribution in [0.2, 0.25) is 5.02 Å². The SMILES string of the molecule is CCNC(=NCC(=O)NC(C)(C)C)NCC(=O)N1CCN(c2ccc(Cl)cc2)CC1.I. The van der Waals surface area contributed by atoms with Crippen molar-refractivity contribution in [3.63, 3.8) is 0 Å². The highest BCUT2D eigenvalue weighted by molar-refractivity contribution is 14.0. The molecule has 0 aliphatic carbocycles. The zero-order valence-electron chi connectivity index (χ0n) is 18.7. The summed E-state index contributed by atoms with van der Waals surface area (Å²) in [5.74, 6) is 0.301. The third-order valence-electron chi connectivity index (χ3n) is 4.47. The summed E-state index contributed by atoms with van der Waals surface area (Å²) in [5.41, 5.74) is 0.808. The Morgan fingerprint density at radius 2 is 1.68 bits per heavy atom. The molecule has 0 bridgehead atoms. The Kier molecular flexibility index (Phi) is 11.4. The predicted molar refractivity (Wildman–Crippen MR) is 138 cm³/mol. The van der Waals surface area contributed by atoms with Crippen LogP contribution in [0.4, 0.5) is 5.69 Å². The quantitative estimate of drug-likeness (QED) is 0.280. The van der Waals surface area contributed by atoms with Gasteiger partial charge in [0, 0.05) is 49.0 Å². The van der Waals surface area contributed by atoms with Crippen LogP contribution in [0.25, 0.3) is 0 Å². The highest BCUT2D eigenvalue weighted by Gasteiger charge is 2.21. The number of carbonyl (C=O) groups is 2. The van der Waals surface area contributed by atoms with Crippen molar-refractivity contribution in [3.8, 4) is 0 Å². The molecule has 2 amide bonds. The lowest BCUT2D eigenvalue weighted by atomic mass is 10.1. The van der Waals surface area contributed by atoms with Gasteiger partial charge >= 0.3 is 0 Å². The second-order valence-electron chi connectivity index (χ2n) is 8.19. The maximum atomic E-state index is 12.6. The average Bonchev–Trinajstić information content (AvgIpc) is 2.69. The van der Waals surface area contributed by atoms with Crippen molar-refractivity contribution >= 4 is 59.0 Å². The summed E-state index contributed by atoms with van der Waals surface area (Å²) in [5, 5.41) is 9.67. The molecule has 8 nitrogen and oxygen atoms in total. The van der Waals surface area contributed by atoms with Crippen LogP contribution in [0.15, 0.2) is 29.3 Å². The van der Waals surface area contributed by atoms with Crippen LogP contribution in [-0.2, 0) is 9.59 Å². The predicted octanol–water partition coefficient (Wildman–Crippen LogP) is 2.08. The van der Waals surface area contributed by atoms with Crippen molar-refractivity contribution in [1.82, 2.24) is 20.9 Å². The highest BCUT2D eigenvalue weighted by atomic mass is 127. The molecule has 174 valence electrons. The number of hydrogen-bond acceptors (Lipinski definition) is 4. The number of guanidine groups is 1. The minimum Gasteiger partial charge on any atom is -0.368 e. The van der Waals surface area contributed by atoms with Crippen molar-refractivity contribution in [1.29, 1.82) is 0 Å². The van der Waals surface area contributed by atoms with Gasteiger partial charge in [-0.25, -0.2) is 4.99 Å². The number of halogens is 2. The lowest BCUT2D eigenvalue weighted by Crippen LogP contribution is -2.52. The van der Waals surface area contributed by atoms with Crippen molar-refractivity contribution in [3.05, 3.63) is 29.3 Å². The number of aliphatic imine (C=N–C) groups is 1. The zero-order chi connectivity index (χ0) is 22.1. The molecule has 0 unspecified atom stereocenters. The molecular formula is C21H34ClIN6O2. The molecule has 1 aliphatic heterocycles. The Bertz CT molecular complexity index is 743. The molecule has 0 aromatic heterocycles. The van der Waals surface area contributed by atoms with Crippen LogP contribution in [0.3, 0.4) is 0 Å². The van der Waals surface area contributed by atoms with Crippen LogP contribution < -0.4 is 20.9 Å². The summed E-state index contributed by atoms with van der Waals surface area (Å²) >= 11 is 5.95. The van der Waals surface area contributed by atoms with E-state index in [1.54, 1.807) is 0 Å². The first-order valence-electron chi connectivity index (χ1n) is 10.3. The van der Waals surface area contributed by atoms with Crippen LogP contribution >= 0.6 is 35.6 Å². The van der Waals surface area contributed by atoms with Gasteiger partial charge in [-0.05, 0) is 52.0 Å². The molecule has 0 radical (unpaired) electrons. The van der Waals surface area contributed by atoms with E-state index in [2.05, 4.69) is 25.8 Å². The summed E-state index contributed by atoms with van der Waals surface area (Å²) in [4.78, 5) is 32.9. The minimum atomic E-state index is -0.303. The average molecular weight is 565 g/mol. The second-order valence-corrected chi connectivity index (χ2v) is 8.63. The third-order valence-corrected chi connectivity index (χ3v) is 4.72. The van der Waals surface area contributed by atoms with Crippen LogP contribution in [0.5, 0.6) is 0 Å². The van der Waals surface area contributed by atoms with E-state index in [0.717, 1.165) is 18.8 Å². The van der Waals surface area contributed by atoms with E-state index < -0.39 is 0 Å². The smallest absolute Gasteiger partial charge is 0.242 e. The molecule has 3 N–H and O–H groups in total. The molecule has 0 spiro atoms. The monoisotopic (exact) mass is 564 g/mol. The van der Waals surface area contributed by atoms with E-state index >= 15 is 0 Å². The Morgan fingerprint density at radius 3 is 2.23 bits per heavy atom.